The van der Waals surface area contributed by atoms with Crippen molar-refractivity contribution in [1.82, 2.24) is 0 Å². The lowest BCUT2D eigenvalue weighted by atomic mass is 9.86. The first-order chi connectivity index (χ1) is 25.8. The van der Waals surface area contributed by atoms with E-state index in [0.717, 1.165) is 6.07 Å². The minimum Gasteiger partial charge on any atom is -0.463 e. The monoisotopic (exact) mass is 479 g/mol. The van der Waals surface area contributed by atoms with E-state index in [9.17, 15) is 2.74 Å². The van der Waals surface area contributed by atoms with Crippen molar-refractivity contribution in [2.24, 2.45) is 0 Å². The van der Waals surface area contributed by atoms with Crippen LogP contribution >= 0.6 is 0 Å². The van der Waals surface area contributed by atoms with Gasteiger partial charge in [-0.3, -0.25) is 0 Å². The molecule has 0 aliphatic rings. The quantitative estimate of drug-likeness (QED) is 0.231. The van der Waals surface area contributed by atoms with Crippen LogP contribution in [0.2, 0.25) is 0 Å². The van der Waals surface area contributed by atoms with Gasteiger partial charge in [0.05, 0.1) is 36.3 Å². The Morgan fingerprint density at radius 3 is 1.78 bits per heavy atom. The molecule has 0 bridgehead atoms. The van der Waals surface area contributed by atoms with E-state index in [2.05, 4.69) is 0 Å². The van der Waals surface area contributed by atoms with Crippen molar-refractivity contribution < 1.29 is 34.9 Å². The summed E-state index contributed by atoms with van der Waals surface area (Å²) in [5.74, 6) is 0. The summed E-state index contributed by atoms with van der Waals surface area (Å²) in [6.45, 7) is 0. The highest BCUT2D eigenvalue weighted by Crippen LogP contribution is 2.47. The Morgan fingerprint density at radius 2 is 1.08 bits per heavy atom. The van der Waals surface area contributed by atoms with Crippen LogP contribution in [0.15, 0.2) is 130 Å². The zero-order chi connectivity index (χ0) is 40.2. The molecule has 36 heavy (non-hydrogen) atoms. The second-order valence-electron chi connectivity index (χ2n) is 7.87. The summed E-state index contributed by atoms with van der Waals surface area (Å²) in [5.41, 5.74) is -2.63. The van der Waals surface area contributed by atoms with Crippen LogP contribution in [0.4, 0.5) is 0 Å². The minimum atomic E-state index is -0.825. The fraction of sp³-hybridized carbons (Fsp3) is 0. The van der Waals surface area contributed by atoms with Crippen LogP contribution in [-0.2, 0) is 0 Å². The average Bonchev–Trinajstić information content (AvgIpc) is 3.72. The van der Waals surface area contributed by atoms with Gasteiger partial charge >= 0.3 is 0 Å². The van der Waals surface area contributed by atoms with E-state index < -0.39 is 153 Å². The maximum atomic E-state index is 9.17. The molecule has 0 atom stereocenters. The molecule has 0 fully saturated rings. The number of hydrogen-bond donors (Lipinski definition) is 0. The summed E-state index contributed by atoms with van der Waals surface area (Å²) in [5, 5.41) is -2.37. The summed E-state index contributed by atoms with van der Waals surface area (Å²) in [6.07, 6.45) is -0.741. The number of hydrogen-bond acceptors (Lipinski definition) is 2. The lowest BCUT2D eigenvalue weighted by molar-refractivity contribution is 0.619. The average molecular weight is 480 g/mol. The van der Waals surface area contributed by atoms with Gasteiger partial charge in [-0.05, 0) is 50.8 Å². The molecule has 0 aliphatic carbocycles. The van der Waals surface area contributed by atoms with Gasteiger partial charge in [-0.2, -0.15) is 0 Å². The molecule has 2 aromatic heterocycles. The van der Waals surface area contributed by atoms with E-state index >= 15 is 0 Å². The topological polar surface area (TPSA) is 26.3 Å². The highest BCUT2D eigenvalue weighted by atomic mass is 16.3. The fourth-order valence-corrected chi connectivity index (χ4v) is 4.61. The van der Waals surface area contributed by atoms with Crippen molar-refractivity contribution in [3.05, 3.63) is 121 Å². The highest BCUT2D eigenvalue weighted by molar-refractivity contribution is 6.25. The number of benzene rings is 6. The first-order valence-corrected chi connectivity index (χ1v) is 10.6. The summed E-state index contributed by atoms with van der Waals surface area (Å²) < 4.78 is 177. The summed E-state index contributed by atoms with van der Waals surface area (Å²) in [6, 6.07) is -12.1. The van der Waals surface area contributed by atoms with E-state index in [-0.39, 0.29) is 38.5 Å². The molecule has 168 valence electrons. The van der Waals surface area contributed by atoms with Crippen LogP contribution in [0.1, 0.15) is 26.0 Å². The molecule has 0 radical (unpaired) electrons. The third-order valence-corrected chi connectivity index (χ3v) is 6.05. The van der Waals surface area contributed by atoms with Crippen LogP contribution in [0.5, 0.6) is 0 Å². The van der Waals surface area contributed by atoms with Crippen LogP contribution in [0.3, 0.4) is 0 Å². The van der Waals surface area contributed by atoms with Crippen LogP contribution in [0.25, 0.3) is 76.7 Å². The van der Waals surface area contributed by atoms with Gasteiger partial charge in [-0.25, -0.2) is 0 Å². The molecule has 0 spiro atoms. The Bertz CT molecular complexity index is 3030. The van der Waals surface area contributed by atoms with Crippen LogP contribution < -0.4 is 0 Å². The van der Waals surface area contributed by atoms with Gasteiger partial charge < -0.3 is 8.83 Å². The van der Waals surface area contributed by atoms with Crippen LogP contribution in [0, 0.1) is 0 Å². The zero-order valence-electron chi connectivity index (χ0n) is 36.9. The molecule has 0 saturated carbocycles. The maximum absolute atomic E-state index is 9.17. The second kappa shape index (κ2) is 7.34. The van der Waals surface area contributed by atoms with Crippen LogP contribution in [-0.4, -0.2) is 0 Å². The lowest BCUT2D eigenvalue weighted by Gasteiger charge is -2.17. The molecule has 0 amide bonds. The maximum Gasteiger partial charge on any atom is 0.146 e. The van der Waals surface area contributed by atoms with Crippen molar-refractivity contribution in [1.29, 1.82) is 0 Å². The van der Waals surface area contributed by atoms with E-state index in [1.807, 2.05) is 0 Å². The van der Waals surface area contributed by atoms with Gasteiger partial charge in [0.15, 0.2) is 0 Å². The Hall–Kier alpha value is -4.82. The summed E-state index contributed by atoms with van der Waals surface area (Å²) >= 11 is 0. The molecule has 0 saturated heterocycles. The molecular weight excluding hydrogens is 440 g/mol. The molecule has 0 N–H and O–H groups in total. The molecule has 2 nitrogen and oxygen atoms in total. The predicted octanol–water partition coefficient (Wildman–Crippen LogP) is 9.97. The van der Waals surface area contributed by atoms with E-state index in [0.29, 0.717) is 0 Å². The molecule has 0 aliphatic heterocycles. The van der Waals surface area contributed by atoms with Gasteiger partial charge in [-0.1, -0.05) is 96.7 Å². The van der Waals surface area contributed by atoms with Crippen molar-refractivity contribution in [2.75, 3.05) is 0 Å². The van der Waals surface area contributed by atoms with Gasteiger partial charge in [0, 0.05) is 21.9 Å². The number of rotatable bonds is 2. The van der Waals surface area contributed by atoms with Crippen molar-refractivity contribution in [2.45, 2.75) is 0 Å². The first kappa shape index (κ1) is 8.69. The van der Waals surface area contributed by atoms with Gasteiger partial charge in [0.2, 0.25) is 0 Å². The van der Waals surface area contributed by atoms with Crippen molar-refractivity contribution in [3.63, 3.8) is 0 Å². The second-order valence-corrected chi connectivity index (χ2v) is 7.87. The molecular formula is C34H20O2. The van der Waals surface area contributed by atoms with Gasteiger partial charge in [-0.15, -0.1) is 0 Å². The number of para-hydroxylation sites is 1. The van der Waals surface area contributed by atoms with Crippen molar-refractivity contribution in [3.8, 4) is 22.3 Å². The number of furan rings is 2. The lowest BCUT2D eigenvalue weighted by Crippen LogP contribution is -1.90. The predicted molar refractivity (Wildman–Crippen MR) is 149 cm³/mol. The zero-order valence-corrected chi connectivity index (χ0v) is 17.9. The fourth-order valence-electron chi connectivity index (χ4n) is 4.61. The molecule has 8 aromatic rings. The first-order valence-electron chi connectivity index (χ1n) is 20.1. The van der Waals surface area contributed by atoms with Gasteiger partial charge in [0.25, 0.3) is 0 Å². The Kier molecular flexibility index (Phi) is 1.77. The smallest absolute Gasteiger partial charge is 0.146 e. The molecule has 0 unspecified atom stereocenters. The normalized spacial score (nSPS) is 19.3. The highest BCUT2D eigenvalue weighted by Gasteiger charge is 2.21. The Morgan fingerprint density at radius 1 is 0.500 bits per heavy atom. The minimum absolute atomic E-state index is 0.127. The Balaban J connectivity index is 1.73. The third kappa shape index (κ3) is 2.61. The number of fused-ring (bicyclic) bond motifs is 7. The standard InChI is InChI=1S/C34H20O2/c1-2-10-21(11-3-1)31-22-12-4-6-14-24(22)32(25-15-7-5-13-23(25)31)28-20-35-34-26(28)18-19-30-33(34)27-16-8-9-17-29(27)36-30/h1-20H/i1D,2D,3D,4D,5D,6D,7D,8D,9D,10D,11D,12D,13D,14D,15D,16D,17D,19D,20D. The summed E-state index contributed by atoms with van der Waals surface area (Å²) in [7, 11) is 0. The Labute approximate surface area is 233 Å². The largest absolute Gasteiger partial charge is 0.463 e. The molecule has 2 heterocycles. The molecule has 2 heteroatoms. The molecule has 8 rings (SSSR count). The molecule has 6 aromatic carbocycles. The van der Waals surface area contributed by atoms with E-state index in [1.54, 1.807) is 0 Å². The third-order valence-electron chi connectivity index (χ3n) is 6.05. The van der Waals surface area contributed by atoms with Gasteiger partial charge in [0.1, 0.15) is 18.1 Å². The van der Waals surface area contributed by atoms with E-state index in [1.165, 1.54) is 0 Å². The van der Waals surface area contributed by atoms with E-state index in [4.69, 9.17) is 32.1 Å². The summed E-state index contributed by atoms with van der Waals surface area (Å²) in [4.78, 5) is 0. The SMILES string of the molecule is [2H]c1oc2c(cc([2H])c3oc4c([2H])c([2H])c([2H])c([2H])c4c32)c1-c1c2c([2H])c([2H])c([2H])c([2H])c2c(-c2c([2H])c([2H])c([2H])c([2H])c2[2H])c2c([2H])c([2H])c([2H])c([2H])c12. The van der Waals surface area contributed by atoms with Crippen molar-refractivity contribution >= 4 is 54.5 Å².